The normalized spacial score (nSPS) is 14.6. The number of nitrogens with two attached hydrogens (primary N) is 1. The average Bonchev–Trinajstić information content (AvgIpc) is 2.73. The molecule has 31 heavy (non-hydrogen) atoms. The highest BCUT2D eigenvalue weighted by molar-refractivity contribution is 6.33. The molecule has 162 valence electrons. The Morgan fingerprint density at radius 2 is 2.00 bits per heavy atom. The van der Waals surface area contributed by atoms with Crippen LogP contribution in [0.3, 0.4) is 0 Å². The van der Waals surface area contributed by atoms with Crippen molar-refractivity contribution in [3.63, 3.8) is 0 Å². The molecule has 0 saturated carbocycles. The number of ether oxygens (including phenoxy) is 1. The minimum Gasteiger partial charge on any atom is -0.427 e. The molecule has 3 N–H and O–H groups in total. The first kappa shape index (κ1) is 21.4. The van der Waals surface area contributed by atoms with Gasteiger partial charge in [0.25, 0.3) is 0 Å². The first-order valence-corrected chi connectivity index (χ1v) is 10.5. The van der Waals surface area contributed by atoms with Crippen LogP contribution in [-0.2, 0) is 17.8 Å². The number of halogens is 1. The number of nitrogen functional groups attached to an aromatic ring is 1. The monoisotopic (exact) mass is 441 g/mol. The number of benzene rings is 2. The molecule has 0 bridgehead atoms. The Morgan fingerprint density at radius 3 is 2.74 bits per heavy atom. The van der Waals surface area contributed by atoms with Gasteiger partial charge in [-0.05, 0) is 29.3 Å². The van der Waals surface area contributed by atoms with Gasteiger partial charge < -0.3 is 20.2 Å². The number of hydrogen-bond acceptors (Lipinski definition) is 7. The quantitative estimate of drug-likeness (QED) is 0.272. The zero-order valence-corrected chi connectivity index (χ0v) is 18.0. The summed E-state index contributed by atoms with van der Waals surface area (Å²) in [5, 5.41) is 4.60. The van der Waals surface area contributed by atoms with E-state index in [-0.39, 0.29) is 0 Å². The summed E-state index contributed by atoms with van der Waals surface area (Å²) in [6.07, 6.45) is 0.315. The summed E-state index contributed by atoms with van der Waals surface area (Å²) in [4.78, 5) is 26.7. The van der Waals surface area contributed by atoms with Gasteiger partial charge in [0.05, 0.1) is 10.7 Å². The number of carbonyl (C=O) groups is 1. The van der Waals surface area contributed by atoms with Gasteiger partial charge in [-0.25, -0.2) is 4.79 Å². The van der Waals surface area contributed by atoms with Crippen molar-refractivity contribution in [3.8, 4) is 5.75 Å². The lowest BCUT2D eigenvalue weighted by molar-refractivity contribution is -0.131. The maximum absolute atomic E-state index is 13.1. The zero-order chi connectivity index (χ0) is 22.0. The topological polar surface area (TPSA) is 97.8 Å². The van der Waals surface area contributed by atoms with Crippen molar-refractivity contribution in [1.29, 1.82) is 0 Å². The fourth-order valence-electron chi connectivity index (χ4n) is 3.89. The predicted molar refractivity (Wildman–Crippen MR) is 121 cm³/mol. The molecule has 0 aliphatic carbocycles. The average molecular weight is 442 g/mol. The highest BCUT2D eigenvalue weighted by Gasteiger charge is 2.20. The maximum Gasteiger partial charge on any atom is 0.340 e. The molecule has 0 unspecified atom stereocenters. The minimum atomic E-state index is -0.435. The van der Waals surface area contributed by atoms with E-state index in [9.17, 15) is 9.59 Å². The van der Waals surface area contributed by atoms with Crippen LogP contribution in [0.2, 0.25) is 5.02 Å². The summed E-state index contributed by atoms with van der Waals surface area (Å²) in [6.45, 7) is 5.48. The Bertz CT molecular complexity index is 1190. The molecule has 0 radical (unpaired) electrons. The van der Waals surface area contributed by atoms with E-state index in [0.717, 1.165) is 42.7 Å². The van der Waals surface area contributed by atoms with Gasteiger partial charge in [-0.3, -0.25) is 9.69 Å². The van der Waals surface area contributed by atoms with Crippen molar-refractivity contribution in [2.24, 2.45) is 0 Å². The summed E-state index contributed by atoms with van der Waals surface area (Å²) >= 11 is 6.40. The number of nitrogens with one attached hydrogen (secondary N) is 1. The molecule has 2 heterocycles. The van der Waals surface area contributed by atoms with Crippen LogP contribution in [0.4, 0.5) is 5.69 Å². The molecule has 1 aromatic heterocycles. The molecule has 0 atom stereocenters. The van der Waals surface area contributed by atoms with Gasteiger partial charge in [0.2, 0.25) is 0 Å². The summed E-state index contributed by atoms with van der Waals surface area (Å²) in [7, 11) is 0. The first-order valence-electron chi connectivity index (χ1n) is 10.2. The van der Waals surface area contributed by atoms with E-state index in [2.05, 4.69) is 10.2 Å². The lowest BCUT2D eigenvalue weighted by atomic mass is 9.97. The van der Waals surface area contributed by atoms with Crippen LogP contribution in [0.5, 0.6) is 5.75 Å². The molecule has 4 rings (SSSR count). The molecular weight excluding hydrogens is 418 g/mol. The van der Waals surface area contributed by atoms with Crippen LogP contribution in [0.25, 0.3) is 11.0 Å². The van der Waals surface area contributed by atoms with Gasteiger partial charge in [0.1, 0.15) is 11.3 Å². The number of piperazine rings is 1. The molecule has 1 aliphatic heterocycles. The van der Waals surface area contributed by atoms with E-state index in [4.69, 9.17) is 26.5 Å². The molecular formula is C23H24ClN3O4. The second kappa shape index (κ2) is 9.09. The molecule has 1 aliphatic rings. The third-order valence-electron chi connectivity index (χ3n) is 5.42. The smallest absolute Gasteiger partial charge is 0.340 e. The van der Waals surface area contributed by atoms with Crippen LogP contribution in [0.15, 0.2) is 45.6 Å². The van der Waals surface area contributed by atoms with Crippen molar-refractivity contribution in [2.75, 3.05) is 31.9 Å². The molecule has 2 aromatic carbocycles. The largest absolute Gasteiger partial charge is 0.427 e. The molecule has 3 aromatic rings. The number of hydrogen-bond donors (Lipinski definition) is 2. The lowest BCUT2D eigenvalue weighted by Gasteiger charge is -2.28. The predicted octanol–water partition coefficient (Wildman–Crippen LogP) is 2.95. The minimum absolute atomic E-state index is 0.315. The molecule has 8 heteroatoms. The van der Waals surface area contributed by atoms with Gasteiger partial charge in [0.15, 0.2) is 0 Å². The van der Waals surface area contributed by atoms with E-state index in [0.29, 0.717) is 40.6 Å². The first-order chi connectivity index (χ1) is 14.9. The third kappa shape index (κ3) is 4.74. The third-order valence-corrected chi connectivity index (χ3v) is 5.88. The standard InChI is InChI=1S/C23H24ClN3O4/c1-14(28)30-16-5-6-17-19(13-27-9-7-26-8-10-27)18(23(29)31-21(17)12-16)11-15-3-2-4-20(25)22(15)24/h2-6,12,26H,7-11,13,25H2,1H3. The number of fused-ring (bicyclic) bond motifs is 1. The van der Waals surface area contributed by atoms with Gasteiger partial charge in [0, 0.05) is 63.1 Å². The second-order valence-corrected chi connectivity index (χ2v) is 8.00. The number of carbonyl (C=O) groups excluding carboxylic acids is 1. The molecule has 7 nitrogen and oxygen atoms in total. The highest BCUT2D eigenvalue weighted by Crippen LogP contribution is 2.30. The fourth-order valence-corrected chi connectivity index (χ4v) is 4.08. The van der Waals surface area contributed by atoms with Crippen LogP contribution >= 0.6 is 11.6 Å². The van der Waals surface area contributed by atoms with Crippen molar-refractivity contribution in [3.05, 3.63) is 68.5 Å². The number of rotatable bonds is 5. The van der Waals surface area contributed by atoms with Gasteiger partial charge in [-0.2, -0.15) is 0 Å². The second-order valence-electron chi connectivity index (χ2n) is 7.62. The fraction of sp³-hybridized carbons (Fsp3) is 0.304. The Balaban J connectivity index is 1.83. The van der Waals surface area contributed by atoms with Crippen LogP contribution in [-0.4, -0.2) is 37.0 Å². The summed E-state index contributed by atoms with van der Waals surface area (Å²) in [6, 6.07) is 10.5. The molecule has 0 amide bonds. The van der Waals surface area contributed by atoms with E-state index >= 15 is 0 Å². The van der Waals surface area contributed by atoms with Gasteiger partial charge >= 0.3 is 11.6 Å². The summed E-state index contributed by atoms with van der Waals surface area (Å²) in [5.41, 5.74) is 8.59. The Kier molecular flexibility index (Phi) is 6.27. The van der Waals surface area contributed by atoms with E-state index in [1.165, 1.54) is 6.92 Å². The Hall–Kier alpha value is -2.87. The Labute approximate surface area is 184 Å². The van der Waals surface area contributed by atoms with E-state index < -0.39 is 11.6 Å². The lowest BCUT2D eigenvalue weighted by Crippen LogP contribution is -2.43. The zero-order valence-electron chi connectivity index (χ0n) is 17.2. The van der Waals surface area contributed by atoms with Crippen LogP contribution in [0, 0.1) is 0 Å². The number of esters is 1. The number of nitrogens with zero attached hydrogens (tertiary/aromatic N) is 1. The summed E-state index contributed by atoms with van der Waals surface area (Å²) in [5.74, 6) is -0.0986. The molecule has 1 saturated heterocycles. The van der Waals surface area contributed by atoms with E-state index in [1.807, 2.05) is 18.2 Å². The van der Waals surface area contributed by atoms with Gasteiger partial charge in [-0.15, -0.1) is 0 Å². The van der Waals surface area contributed by atoms with Crippen molar-refractivity contribution in [2.45, 2.75) is 19.9 Å². The molecule has 0 spiro atoms. The maximum atomic E-state index is 13.1. The highest BCUT2D eigenvalue weighted by atomic mass is 35.5. The van der Waals surface area contributed by atoms with E-state index in [1.54, 1.807) is 18.2 Å². The van der Waals surface area contributed by atoms with Gasteiger partial charge in [-0.1, -0.05) is 23.7 Å². The van der Waals surface area contributed by atoms with Crippen LogP contribution < -0.4 is 21.4 Å². The van der Waals surface area contributed by atoms with Crippen molar-refractivity contribution in [1.82, 2.24) is 10.2 Å². The van der Waals surface area contributed by atoms with Crippen LogP contribution in [0.1, 0.15) is 23.6 Å². The SMILES string of the molecule is CC(=O)Oc1ccc2c(CN3CCNCC3)c(Cc3cccc(N)c3Cl)c(=O)oc2c1. The number of anilines is 1. The van der Waals surface area contributed by atoms with Crippen molar-refractivity contribution >= 4 is 34.2 Å². The molecule has 1 fully saturated rings. The van der Waals surface area contributed by atoms with Crippen molar-refractivity contribution < 1.29 is 13.9 Å². The summed E-state index contributed by atoms with van der Waals surface area (Å²) < 4.78 is 10.8. The Morgan fingerprint density at radius 1 is 1.23 bits per heavy atom.